The summed E-state index contributed by atoms with van der Waals surface area (Å²) in [6.45, 7) is -0.0223. The molecular formula is C18H15F4NO2S. The van der Waals surface area contributed by atoms with E-state index in [1.54, 1.807) is 0 Å². The topological polar surface area (TPSA) is 40.5 Å². The van der Waals surface area contributed by atoms with Crippen LogP contribution in [0, 0.1) is 5.82 Å². The number of alkyl halides is 3. The van der Waals surface area contributed by atoms with Gasteiger partial charge in [0, 0.05) is 28.4 Å². The Balaban J connectivity index is 2.02. The van der Waals surface area contributed by atoms with Crippen LogP contribution >= 0.6 is 11.8 Å². The highest BCUT2D eigenvalue weighted by Gasteiger charge is 2.35. The van der Waals surface area contributed by atoms with E-state index >= 15 is 0 Å². The van der Waals surface area contributed by atoms with Gasteiger partial charge in [0.25, 0.3) is 0 Å². The molecule has 2 aromatic carbocycles. The number of aliphatic hydroxyl groups excluding tert-OH is 1. The predicted molar refractivity (Wildman–Crippen MR) is 89.5 cm³/mol. The van der Waals surface area contributed by atoms with Crippen molar-refractivity contribution in [2.24, 2.45) is 0 Å². The minimum atomic E-state index is -4.63. The third-order valence-electron chi connectivity index (χ3n) is 4.07. The lowest BCUT2D eigenvalue weighted by atomic mass is 10.2. The summed E-state index contributed by atoms with van der Waals surface area (Å²) in [7, 11) is 0. The molecule has 0 atom stereocenters. The standard InChI is InChI=1S/C18H15F4NO2S/c19-12-4-3-11(10-24)16(8-12)26-15-6-5-13(9-14(15)18(20,21)22)23-7-1-2-17(23)25/h3-6,8-9,24H,1-2,7,10H2. The van der Waals surface area contributed by atoms with Crippen LogP contribution in [-0.4, -0.2) is 17.6 Å². The SMILES string of the molecule is O=C1CCCN1c1ccc(Sc2cc(F)ccc2CO)c(C(F)(F)F)c1. The predicted octanol–water partition coefficient (Wildman–Crippen LogP) is 4.61. The molecule has 0 bridgehead atoms. The third kappa shape index (κ3) is 3.86. The Morgan fingerprint density at radius 1 is 1.12 bits per heavy atom. The Morgan fingerprint density at radius 2 is 1.88 bits per heavy atom. The Kier molecular flexibility index (Phi) is 5.24. The highest BCUT2D eigenvalue weighted by Crippen LogP contribution is 2.42. The monoisotopic (exact) mass is 385 g/mol. The van der Waals surface area contributed by atoms with E-state index in [1.165, 1.54) is 23.1 Å². The molecule has 0 saturated carbocycles. The second-order valence-electron chi connectivity index (χ2n) is 5.84. The van der Waals surface area contributed by atoms with Gasteiger partial charge >= 0.3 is 6.18 Å². The number of benzene rings is 2. The molecule has 0 aliphatic carbocycles. The molecule has 26 heavy (non-hydrogen) atoms. The average molecular weight is 385 g/mol. The van der Waals surface area contributed by atoms with Gasteiger partial charge in [0.1, 0.15) is 5.82 Å². The van der Waals surface area contributed by atoms with E-state index in [4.69, 9.17) is 0 Å². The number of rotatable bonds is 4. The normalized spacial score (nSPS) is 15.0. The molecule has 2 aromatic rings. The fraction of sp³-hybridized carbons (Fsp3) is 0.278. The fourth-order valence-corrected chi connectivity index (χ4v) is 3.88. The van der Waals surface area contributed by atoms with Gasteiger partial charge in [0.2, 0.25) is 5.91 Å². The number of carbonyl (C=O) groups excluding carboxylic acids is 1. The van der Waals surface area contributed by atoms with E-state index < -0.39 is 24.2 Å². The van der Waals surface area contributed by atoms with Gasteiger partial charge in [-0.3, -0.25) is 4.79 Å². The molecule has 8 heteroatoms. The van der Waals surface area contributed by atoms with E-state index in [0.717, 1.165) is 30.0 Å². The molecule has 1 aliphatic heterocycles. The van der Waals surface area contributed by atoms with E-state index in [2.05, 4.69) is 0 Å². The summed E-state index contributed by atoms with van der Waals surface area (Å²) in [5.74, 6) is -0.802. The highest BCUT2D eigenvalue weighted by atomic mass is 32.2. The summed E-state index contributed by atoms with van der Waals surface area (Å²) >= 11 is 0.735. The smallest absolute Gasteiger partial charge is 0.392 e. The van der Waals surface area contributed by atoms with E-state index in [9.17, 15) is 27.5 Å². The van der Waals surface area contributed by atoms with Gasteiger partial charge < -0.3 is 10.0 Å². The summed E-state index contributed by atoms with van der Waals surface area (Å²) < 4.78 is 54.1. The van der Waals surface area contributed by atoms with Crippen LogP contribution in [0.15, 0.2) is 46.2 Å². The molecule has 138 valence electrons. The van der Waals surface area contributed by atoms with E-state index in [-0.39, 0.29) is 21.4 Å². The van der Waals surface area contributed by atoms with Crippen LogP contribution in [0.2, 0.25) is 0 Å². The maximum Gasteiger partial charge on any atom is 0.417 e. The molecule has 3 nitrogen and oxygen atoms in total. The largest absolute Gasteiger partial charge is 0.417 e. The minimum Gasteiger partial charge on any atom is -0.392 e. The molecule has 0 aromatic heterocycles. The summed E-state index contributed by atoms with van der Waals surface area (Å²) in [6.07, 6.45) is -3.70. The number of halogens is 4. The quantitative estimate of drug-likeness (QED) is 0.781. The minimum absolute atomic E-state index is 0.117. The number of carbonyl (C=O) groups is 1. The van der Waals surface area contributed by atoms with Crippen LogP contribution in [0.1, 0.15) is 24.0 Å². The van der Waals surface area contributed by atoms with Crippen molar-refractivity contribution in [1.29, 1.82) is 0 Å². The highest BCUT2D eigenvalue weighted by molar-refractivity contribution is 7.99. The summed E-state index contributed by atoms with van der Waals surface area (Å²) in [4.78, 5) is 13.2. The lowest BCUT2D eigenvalue weighted by Gasteiger charge is -2.20. The van der Waals surface area contributed by atoms with Crippen LogP contribution in [0.25, 0.3) is 0 Å². The zero-order valence-corrected chi connectivity index (χ0v) is 14.3. The first kappa shape index (κ1) is 18.7. The number of aliphatic hydroxyl groups is 1. The van der Waals surface area contributed by atoms with E-state index in [1.807, 2.05) is 0 Å². The van der Waals surface area contributed by atoms with Crippen molar-refractivity contribution < 1.29 is 27.5 Å². The number of nitrogens with zero attached hydrogens (tertiary/aromatic N) is 1. The number of anilines is 1. The van der Waals surface area contributed by atoms with E-state index in [0.29, 0.717) is 24.9 Å². The second kappa shape index (κ2) is 7.28. The average Bonchev–Trinajstić information content (AvgIpc) is 3.00. The summed E-state index contributed by atoms with van der Waals surface area (Å²) in [5.41, 5.74) is -0.359. The molecule has 3 rings (SSSR count). The molecule has 1 fully saturated rings. The molecule has 0 spiro atoms. The molecule has 1 N–H and O–H groups in total. The molecule has 1 aliphatic rings. The summed E-state index contributed by atoms with van der Waals surface area (Å²) in [6, 6.07) is 7.25. The summed E-state index contributed by atoms with van der Waals surface area (Å²) in [5, 5.41) is 9.33. The molecule has 1 saturated heterocycles. The third-order valence-corrected chi connectivity index (χ3v) is 5.25. The van der Waals surface area contributed by atoms with Gasteiger partial charge in [-0.2, -0.15) is 13.2 Å². The first-order valence-corrected chi connectivity index (χ1v) is 8.70. The molecule has 0 radical (unpaired) electrons. The van der Waals surface area contributed by atoms with Gasteiger partial charge in [-0.05, 0) is 42.3 Å². The van der Waals surface area contributed by atoms with Gasteiger partial charge in [-0.25, -0.2) is 4.39 Å². The first-order chi connectivity index (χ1) is 12.3. The van der Waals surface area contributed by atoms with Gasteiger partial charge in [0.05, 0.1) is 12.2 Å². The lowest BCUT2D eigenvalue weighted by molar-refractivity contribution is -0.139. The maximum atomic E-state index is 13.5. The number of hydrogen-bond donors (Lipinski definition) is 1. The van der Waals surface area contributed by atoms with Crippen molar-refractivity contribution >= 4 is 23.4 Å². The second-order valence-corrected chi connectivity index (χ2v) is 6.92. The molecule has 0 unspecified atom stereocenters. The van der Waals surface area contributed by atoms with Crippen molar-refractivity contribution in [3.63, 3.8) is 0 Å². The Labute approximate surface area is 151 Å². The molecule has 1 heterocycles. The first-order valence-electron chi connectivity index (χ1n) is 7.88. The van der Waals surface area contributed by atoms with Gasteiger partial charge in [0.15, 0.2) is 0 Å². The Hall–Kier alpha value is -2.06. The zero-order chi connectivity index (χ0) is 18.9. The van der Waals surface area contributed by atoms with Gasteiger partial charge in [-0.15, -0.1) is 0 Å². The maximum absolute atomic E-state index is 13.5. The fourth-order valence-electron chi connectivity index (χ4n) is 2.79. The van der Waals surface area contributed by atoms with Crippen LogP contribution in [0.3, 0.4) is 0 Å². The van der Waals surface area contributed by atoms with Crippen LogP contribution in [-0.2, 0) is 17.6 Å². The lowest BCUT2D eigenvalue weighted by Crippen LogP contribution is -2.24. The van der Waals surface area contributed by atoms with Crippen LogP contribution in [0.5, 0.6) is 0 Å². The molecular weight excluding hydrogens is 370 g/mol. The molecule has 1 amide bonds. The number of amides is 1. The van der Waals surface area contributed by atoms with Gasteiger partial charge in [-0.1, -0.05) is 17.8 Å². The van der Waals surface area contributed by atoms with Crippen molar-refractivity contribution in [1.82, 2.24) is 0 Å². The Bertz CT molecular complexity index is 838. The zero-order valence-electron chi connectivity index (χ0n) is 13.5. The van der Waals surface area contributed by atoms with Crippen LogP contribution < -0.4 is 4.90 Å². The Morgan fingerprint density at radius 3 is 2.50 bits per heavy atom. The van der Waals surface area contributed by atoms with Crippen molar-refractivity contribution in [3.8, 4) is 0 Å². The van der Waals surface area contributed by atoms with Crippen molar-refractivity contribution in [3.05, 3.63) is 53.3 Å². The van der Waals surface area contributed by atoms with Crippen molar-refractivity contribution in [2.45, 2.75) is 35.4 Å². The van der Waals surface area contributed by atoms with Crippen molar-refractivity contribution in [2.75, 3.05) is 11.4 Å². The number of hydrogen-bond acceptors (Lipinski definition) is 3. The van der Waals surface area contributed by atoms with Crippen LogP contribution in [0.4, 0.5) is 23.2 Å².